The number of rotatable bonds is 4. The summed E-state index contributed by atoms with van der Waals surface area (Å²) in [5.41, 5.74) is -0.900. The summed E-state index contributed by atoms with van der Waals surface area (Å²) in [4.78, 5) is 11.1. The van der Waals surface area contributed by atoms with Crippen LogP contribution in [0, 0.1) is 0 Å². The van der Waals surface area contributed by atoms with Crippen LogP contribution >= 0.6 is 0 Å². The monoisotopic (exact) mass is 268 g/mol. The fourth-order valence-corrected chi connectivity index (χ4v) is 2.90. The van der Waals surface area contributed by atoms with Crippen LogP contribution in [0.15, 0.2) is 12.2 Å². The van der Waals surface area contributed by atoms with Gasteiger partial charge in [0.25, 0.3) is 0 Å². The average Bonchev–Trinajstić information content (AvgIpc) is 2.74. The molecule has 4 heteroatoms. The minimum absolute atomic E-state index is 0.205. The number of carbonyl (C=O) groups excluding carboxylic acids is 1. The van der Waals surface area contributed by atoms with Gasteiger partial charge in [0, 0.05) is 6.42 Å². The maximum atomic E-state index is 11.1. The predicted molar refractivity (Wildman–Crippen MR) is 71.9 cm³/mol. The van der Waals surface area contributed by atoms with Gasteiger partial charge >= 0.3 is 0 Å². The van der Waals surface area contributed by atoms with E-state index >= 15 is 0 Å². The molecule has 2 aliphatic heterocycles. The topological polar surface area (TPSA) is 44.8 Å². The van der Waals surface area contributed by atoms with E-state index in [2.05, 4.69) is 0 Å². The molecule has 1 saturated heterocycles. The molecule has 0 saturated carbocycles. The largest absolute Gasteiger partial charge is 0.359 e. The van der Waals surface area contributed by atoms with E-state index in [0.717, 1.165) is 12.8 Å². The molecule has 1 atom stereocenters. The van der Waals surface area contributed by atoms with Crippen molar-refractivity contribution in [3.05, 3.63) is 12.2 Å². The molecule has 2 aliphatic rings. The van der Waals surface area contributed by atoms with Crippen molar-refractivity contribution in [2.45, 2.75) is 63.9 Å². The number of carbonyl (C=O) groups is 1. The summed E-state index contributed by atoms with van der Waals surface area (Å²) in [7, 11) is 0. The molecule has 0 aromatic heterocycles. The third-order valence-electron chi connectivity index (χ3n) is 3.83. The Kier molecular flexibility index (Phi) is 3.87. The van der Waals surface area contributed by atoms with E-state index in [-0.39, 0.29) is 11.4 Å². The minimum atomic E-state index is -0.792. The third kappa shape index (κ3) is 2.91. The van der Waals surface area contributed by atoms with E-state index in [4.69, 9.17) is 14.2 Å². The van der Waals surface area contributed by atoms with Crippen LogP contribution in [0.3, 0.4) is 0 Å². The van der Waals surface area contributed by atoms with Crippen LogP contribution in [0.25, 0.3) is 0 Å². The lowest BCUT2D eigenvalue weighted by molar-refractivity contribution is -0.285. The van der Waals surface area contributed by atoms with E-state index < -0.39 is 11.4 Å². The first kappa shape index (κ1) is 14.7. The summed E-state index contributed by atoms with van der Waals surface area (Å²) in [5, 5.41) is 0. The molecule has 2 rings (SSSR count). The Hall–Kier alpha value is -0.710. The van der Waals surface area contributed by atoms with Crippen LogP contribution in [-0.4, -0.2) is 36.0 Å². The summed E-state index contributed by atoms with van der Waals surface area (Å²) in [6, 6.07) is 0. The van der Waals surface area contributed by atoms with Crippen molar-refractivity contribution in [2.24, 2.45) is 0 Å². The number of ketones is 1. The molecule has 4 nitrogen and oxygen atoms in total. The Morgan fingerprint density at radius 2 is 1.79 bits per heavy atom. The zero-order valence-corrected chi connectivity index (χ0v) is 12.3. The second kappa shape index (κ2) is 5.00. The lowest BCUT2D eigenvalue weighted by Gasteiger charge is -2.49. The van der Waals surface area contributed by atoms with Gasteiger partial charge in [-0.25, -0.2) is 0 Å². The Bertz CT molecular complexity index is 380. The van der Waals surface area contributed by atoms with Crippen molar-refractivity contribution in [2.75, 3.05) is 13.2 Å². The minimum Gasteiger partial charge on any atom is -0.359 e. The van der Waals surface area contributed by atoms with Crippen molar-refractivity contribution in [1.82, 2.24) is 0 Å². The van der Waals surface area contributed by atoms with Gasteiger partial charge in [0.2, 0.25) is 5.79 Å². The molecule has 0 bridgehead atoms. The maximum absolute atomic E-state index is 11.1. The summed E-state index contributed by atoms with van der Waals surface area (Å²) >= 11 is 0. The van der Waals surface area contributed by atoms with Crippen LogP contribution < -0.4 is 0 Å². The fraction of sp³-hybridized carbons (Fsp3) is 0.800. The van der Waals surface area contributed by atoms with Crippen molar-refractivity contribution in [3.8, 4) is 0 Å². The summed E-state index contributed by atoms with van der Waals surface area (Å²) in [6.45, 7) is 8.84. The van der Waals surface area contributed by atoms with Crippen LogP contribution in [0.1, 0.15) is 47.0 Å². The van der Waals surface area contributed by atoms with Crippen LogP contribution in [-0.2, 0) is 19.0 Å². The van der Waals surface area contributed by atoms with E-state index in [1.54, 1.807) is 6.92 Å². The van der Waals surface area contributed by atoms with Gasteiger partial charge < -0.3 is 19.0 Å². The van der Waals surface area contributed by atoms with Gasteiger partial charge in [0.05, 0.1) is 18.8 Å². The quantitative estimate of drug-likeness (QED) is 0.735. The van der Waals surface area contributed by atoms with Gasteiger partial charge in [-0.05, 0) is 46.6 Å². The first-order valence-electron chi connectivity index (χ1n) is 6.97. The lowest BCUT2D eigenvalue weighted by Crippen LogP contribution is -2.59. The number of hydrogen-bond donors (Lipinski definition) is 0. The fourth-order valence-electron chi connectivity index (χ4n) is 2.90. The molecule has 0 aliphatic carbocycles. The number of ether oxygens (including phenoxy) is 3. The highest BCUT2D eigenvalue weighted by atomic mass is 16.8. The van der Waals surface area contributed by atoms with Gasteiger partial charge in [-0.3, -0.25) is 0 Å². The first-order chi connectivity index (χ1) is 8.79. The SMILES string of the molecule is CC(=O)CCC[C@@]1(C)OC(C)(C)C=CC12OCCO2. The summed E-state index contributed by atoms with van der Waals surface area (Å²) in [6.07, 6.45) is 6.06. The van der Waals surface area contributed by atoms with Crippen molar-refractivity contribution in [1.29, 1.82) is 0 Å². The first-order valence-corrected chi connectivity index (χ1v) is 6.97. The molecule has 0 N–H and O–H groups in total. The molecule has 2 heterocycles. The van der Waals surface area contributed by atoms with E-state index in [0.29, 0.717) is 19.6 Å². The van der Waals surface area contributed by atoms with Gasteiger partial charge in [-0.15, -0.1) is 0 Å². The number of Topliss-reactive ketones (excluding diaryl/α,β-unsaturated/α-hetero) is 1. The molecule has 1 spiro atoms. The highest BCUT2D eigenvalue weighted by Gasteiger charge is 2.56. The molecule has 0 aromatic rings. The lowest BCUT2D eigenvalue weighted by atomic mass is 9.83. The molecule has 0 unspecified atom stereocenters. The Morgan fingerprint density at radius 1 is 1.16 bits per heavy atom. The number of hydrogen-bond acceptors (Lipinski definition) is 4. The van der Waals surface area contributed by atoms with E-state index in [9.17, 15) is 4.79 Å². The second-order valence-corrected chi connectivity index (χ2v) is 6.19. The summed E-state index contributed by atoms with van der Waals surface area (Å²) in [5.74, 6) is -0.587. The van der Waals surface area contributed by atoms with Gasteiger partial charge in [0.1, 0.15) is 11.4 Å². The average molecular weight is 268 g/mol. The highest BCUT2D eigenvalue weighted by molar-refractivity contribution is 5.75. The second-order valence-electron chi connectivity index (χ2n) is 6.19. The van der Waals surface area contributed by atoms with Crippen LogP contribution in [0.5, 0.6) is 0 Å². The standard InChI is InChI=1S/C15H24O4/c1-12(16)6-5-7-14(4)15(17-10-11-18-15)9-8-13(2,3)19-14/h8-9H,5-7,10-11H2,1-4H3/t14-/m1/s1. The summed E-state index contributed by atoms with van der Waals surface area (Å²) < 4.78 is 17.9. The van der Waals surface area contributed by atoms with Crippen molar-refractivity contribution < 1.29 is 19.0 Å². The molecule has 19 heavy (non-hydrogen) atoms. The van der Waals surface area contributed by atoms with E-state index in [1.807, 2.05) is 32.9 Å². The Labute approximate surface area is 115 Å². The van der Waals surface area contributed by atoms with Crippen molar-refractivity contribution >= 4 is 5.78 Å². The molecule has 0 radical (unpaired) electrons. The highest BCUT2D eigenvalue weighted by Crippen LogP contribution is 2.45. The molecule has 1 fully saturated rings. The van der Waals surface area contributed by atoms with Gasteiger partial charge in [0.15, 0.2) is 0 Å². The molecular formula is C15H24O4. The smallest absolute Gasteiger partial charge is 0.217 e. The Balaban J connectivity index is 2.17. The third-order valence-corrected chi connectivity index (χ3v) is 3.83. The normalized spacial score (nSPS) is 31.8. The van der Waals surface area contributed by atoms with Crippen molar-refractivity contribution in [3.63, 3.8) is 0 Å². The predicted octanol–water partition coefficient (Wildman–Crippen LogP) is 2.61. The molecule has 0 amide bonds. The van der Waals surface area contributed by atoms with E-state index in [1.165, 1.54) is 0 Å². The molecular weight excluding hydrogens is 244 g/mol. The Morgan fingerprint density at radius 3 is 2.37 bits per heavy atom. The maximum Gasteiger partial charge on any atom is 0.217 e. The van der Waals surface area contributed by atoms with Crippen LogP contribution in [0.2, 0.25) is 0 Å². The molecule has 108 valence electrons. The van der Waals surface area contributed by atoms with Gasteiger partial charge in [-0.1, -0.05) is 6.08 Å². The van der Waals surface area contributed by atoms with Crippen LogP contribution in [0.4, 0.5) is 0 Å². The zero-order valence-electron chi connectivity index (χ0n) is 12.3. The molecule has 0 aromatic carbocycles. The van der Waals surface area contributed by atoms with Gasteiger partial charge in [-0.2, -0.15) is 0 Å². The zero-order chi connectivity index (χ0) is 14.1.